The molecule has 2 N–H and O–H groups in total. The van der Waals surface area contributed by atoms with Crippen molar-refractivity contribution in [2.75, 3.05) is 26.9 Å². The third-order valence-electron chi connectivity index (χ3n) is 2.16. The summed E-state index contributed by atoms with van der Waals surface area (Å²) in [6.07, 6.45) is 0. The van der Waals surface area contributed by atoms with Crippen LogP contribution in [0.5, 0.6) is 11.5 Å². The molecule has 17 heavy (non-hydrogen) atoms. The molecule has 4 nitrogen and oxygen atoms in total. The monoisotopic (exact) mass is 261 g/mol. The van der Waals surface area contributed by atoms with Gasteiger partial charge in [0.1, 0.15) is 11.5 Å². The molecule has 0 aliphatic carbocycles. The van der Waals surface area contributed by atoms with E-state index in [0.29, 0.717) is 19.8 Å². The number of phenols is 1. The van der Waals surface area contributed by atoms with Gasteiger partial charge in [0.25, 0.3) is 0 Å². The van der Waals surface area contributed by atoms with Crippen LogP contribution in [0.1, 0.15) is 12.5 Å². The molecule has 1 rings (SSSR count). The second-order valence-corrected chi connectivity index (χ2v) is 3.39. The van der Waals surface area contributed by atoms with E-state index in [1.807, 2.05) is 13.0 Å². The van der Waals surface area contributed by atoms with E-state index in [1.165, 1.54) is 0 Å². The number of phenolic OH excluding ortho intramolecular Hbond substituents is 1. The normalized spacial score (nSPS) is 9.76. The zero-order valence-corrected chi connectivity index (χ0v) is 11.0. The molecule has 0 unspecified atom stereocenters. The molecule has 98 valence electrons. The summed E-state index contributed by atoms with van der Waals surface area (Å²) in [4.78, 5) is 0. The molecule has 0 aromatic heterocycles. The van der Waals surface area contributed by atoms with E-state index >= 15 is 0 Å². The lowest BCUT2D eigenvalue weighted by atomic mass is 10.2. The molecule has 0 bridgehead atoms. The third-order valence-corrected chi connectivity index (χ3v) is 2.16. The number of halogens is 1. The van der Waals surface area contributed by atoms with Crippen molar-refractivity contribution in [3.8, 4) is 11.5 Å². The standard InChI is InChI=1S/C12H19NO3.ClH/c1-3-16-11-4-5-12(14)10(8-11)9-13-6-7-15-2;/h4-5,8,13-14H,3,6-7,9H2,1-2H3;1H. The summed E-state index contributed by atoms with van der Waals surface area (Å²) in [6, 6.07) is 5.26. The number of benzene rings is 1. The lowest BCUT2D eigenvalue weighted by Crippen LogP contribution is -2.18. The molecule has 0 atom stereocenters. The third kappa shape index (κ3) is 5.77. The van der Waals surface area contributed by atoms with Crippen molar-refractivity contribution in [2.45, 2.75) is 13.5 Å². The lowest BCUT2D eigenvalue weighted by molar-refractivity contribution is 0.199. The Bertz CT molecular complexity index is 321. The van der Waals surface area contributed by atoms with E-state index in [1.54, 1.807) is 19.2 Å². The van der Waals surface area contributed by atoms with Gasteiger partial charge in [-0.1, -0.05) is 0 Å². The Morgan fingerprint density at radius 1 is 1.35 bits per heavy atom. The SMILES string of the molecule is CCOc1ccc(O)c(CNCCOC)c1.Cl. The van der Waals surface area contributed by atoms with Gasteiger partial charge in [-0.3, -0.25) is 0 Å². The van der Waals surface area contributed by atoms with Gasteiger partial charge >= 0.3 is 0 Å². The van der Waals surface area contributed by atoms with Crippen LogP contribution in [0, 0.1) is 0 Å². The van der Waals surface area contributed by atoms with Crippen LogP contribution in [0.25, 0.3) is 0 Å². The van der Waals surface area contributed by atoms with Crippen molar-refractivity contribution in [1.82, 2.24) is 5.32 Å². The van der Waals surface area contributed by atoms with Gasteiger partial charge in [-0.25, -0.2) is 0 Å². The molecular formula is C12H20ClNO3. The number of methoxy groups -OCH3 is 1. The zero-order chi connectivity index (χ0) is 11.8. The van der Waals surface area contributed by atoms with Crippen molar-refractivity contribution in [3.05, 3.63) is 23.8 Å². The fraction of sp³-hybridized carbons (Fsp3) is 0.500. The number of hydrogen-bond acceptors (Lipinski definition) is 4. The second kappa shape index (κ2) is 9.10. The van der Waals surface area contributed by atoms with Crippen LogP contribution in [-0.4, -0.2) is 32.0 Å². The van der Waals surface area contributed by atoms with Crippen LogP contribution in [-0.2, 0) is 11.3 Å². The second-order valence-electron chi connectivity index (χ2n) is 3.39. The molecule has 1 aromatic rings. The summed E-state index contributed by atoms with van der Waals surface area (Å²) in [6.45, 7) is 4.58. The predicted molar refractivity (Wildman–Crippen MR) is 70.1 cm³/mol. The number of ether oxygens (including phenoxy) is 2. The number of rotatable bonds is 7. The predicted octanol–water partition coefficient (Wildman–Crippen LogP) is 1.95. The first-order chi connectivity index (χ1) is 7.77. The Morgan fingerprint density at radius 2 is 2.12 bits per heavy atom. The van der Waals surface area contributed by atoms with Crippen LogP contribution in [0.4, 0.5) is 0 Å². The number of aromatic hydroxyl groups is 1. The first kappa shape index (κ1) is 16.0. The molecule has 0 saturated carbocycles. The van der Waals surface area contributed by atoms with Gasteiger partial charge in [-0.2, -0.15) is 0 Å². The molecule has 0 radical (unpaired) electrons. The van der Waals surface area contributed by atoms with Crippen molar-refractivity contribution in [3.63, 3.8) is 0 Å². The van der Waals surface area contributed by atoms with Crippen LogP contribution in [0.3, 0.4) is 0 Å². The van der Waals surface area contributed by atoms with E-state index < -0.39 is 0 Å². The van der Waals surface area contributed by atoms with Crippen LogP contribution < -0.4 is 10.1 Å². The quantitative estimate of drug-likeness (QED) is 0.737. The summed E-state index contributed by atoms with van der Waals surface area (Å²) >= 11 is 0. The van der Waals surface area contributed by atoms with Gasteiger partial charge in [-0.05, 0) is 25.1 Å². The van der Waals surface area contributed by atoms with Crippen molar-refractivity contribution in [1.29, 1.82) is 0 Å². The molecule has 0 amide bonds. The van der Waals surface area contributed by atoms with Crippen LogP contribution >= 0.6 is 12.4 Å². The maximum absolute atomic E-state index is 9.63. The zero-order valence-electron chi connectivity index (χ0n) is 10.2. The van der Waals surface area contributed by atoms with E-state index in [0.717, 1.165) is 17.9 Å². The summed E-state index contributed by atoms with van der Waals surface area (Å²) in [5, 5.41) is 12.8. The van der Waals surface area contributed by atoms with Gasteiger partial charge in [0.2, 0.25) is 0 Å². The van der Waals surface area contributed by atoms with Crippen molar-refractivity contribution >= 4 is 12.4 Å². The van der Waals surface area contributed by atoms with Crippen molar-refractivity contribution in [2.24, 2.45) is 0 Å². The Labute approximate surface area is 108 Å². The highest BCUT2D eigenvalue weighted by Gasteiger charge is 2.02. The largest absolute Gasteiger partial charge is 0.508 e. The Kier molecular flexibility index (Phi) is 8.58. The summed E-state index contributed by atoms with van der Waals surface area (Å²) in [5.41, 5.74) is 0.835. The molecular weight excluding hydrogens is 242 g/mol. The smallest absolute Gasteiger partial charge is 0.120 e. The Hall–Kier alpha value is -0.970. The van der Waals surface area contributed by atoms with Crippen molar-refractivity contribution < 1.29 is 14.6 Å². The molecule has 0 spiro atoms. The number of hydrogen-bond donors (Lipinski definition) is 2. The maximum Gasteiger partial charge on any atom is 0.120 e. The summed E-state index contributed by atoms with van der Waals surface area (Å²) in [7, 11) is 1.66. The highest BCUT2D eigenvalue weighted by atomic mass is 35.5. The topological polar surface area (TPSA) is 50.7 Å². The first-order valence-corrected chi connectivity index (χ1v) is 5.42. The minimum Gasteiger partial charge on any atom is -0.508 e. The molecule has 5 heteroatoms. The number of nitrogens with one attached hydrogen (secondary N) is 1. The van der Waals surface area contributed by atoms with E-state index in [4.69, 9.17) is 9.47 Å². The average molecular weight is 262 g/mol. The molecule has 0 fully saturated rings. The van der Waals surface area contributed by atoms with E-state index in [-0.39, 0.29) is 18.2 Å². The van der Waals surface area contributed by atoms with Gasteiger partial charge in [0.05, 0.1) is 13.2 Å². The molecule has 1 aromatic carbocycles. The first-order valence-electron chi connectivity index (χ1n) is 5.42. The Balaban J connectivity index is 0.00000256. The highest BCUT2D eigenvalue weighted by Crippen LogP contribution is 2.22. The van der Waals surface area contributed by atoms with Crippen LogP contribution in [0.2, 0.25) is 0 Å². The maximum atomic E-state index is 9.63. The summed E-state index contributed by atoms with van der Waals surface area (Å²) < 4.78 is 10.3. The highest BCUT2D eigenvalue weighted by molar-refractivity contribution is 5.85. The van der Waals surface area contributed by atoms with Gasteiger partial charge in [0, 0.05) is 25.8 Å². The van der Waals surface area contributed by atoms with Gasteiger partial charge < -0.3 is 19.9 Å². The lowest BCUT2D eigenvalue weighted by Gasteiger charge is -2.09. The minimum absolute atomic E-state index is 0. The van der Waals surface area contributed by atoms with Crippen LogP contribution in [0.15, 0.2) is 18.2 Å². The van der Waals surface area contributed by atoms with E-state index in [9.17, 15) is 5.11 Å². The molecule has 0 aliphatic heterocycles. The summed E-state index contributed by atoms with van der Waals surface area (Å²) in [5.74, 6) is 1.07. The average Bonchev–Trinajstić information content (AvgIpc) is 2.29. The Morgan fingerprint density at radius 3 is 2.76 bits per heavy atom. The fourth-order valence-corrected chi connectivity index (χ4v) is 1.36. The molecule has 0 heterocycles. The molecule has 0 aliphatic rings. The van der Waals surface area contributed by atoms with Gasteiger partial charge in [-0.15, -0.1) is 12.4 Å². The minimum atomic E-state index is 0. The van der Waals surface area contributed by atoms with Gasteiger partial charge in [0.15, 0.2) is 0 Å². The fourth-order valence-electron chi connectivity index (χ4n) is 1.36. The molecule has 0 saturated heterocycles. The van der Waals surface area contributed by atoms with E-state index in [2.05, 4.69) is 5.32 Å².